The van der Waals surface area contributed by atoms with E-state index in [1.165, 1.54) is 11.1 Å². The van der Waals surface area contributed by atoms with Gasteiger partial charge >= 0.3 is 0 Å². The summed E-state index contributed by atoms with van der Waals surface area (Å²) < 4.78 is 5.56. The van der Waals surface area contributed by atoms with Crippen LogP contribution in [0.5, 0.6) is 0 Å². The molecule has 136 valence electrons. The Morgan fingerprint density at radius 2 is 1.04 bits per heavy atom. The molecule has 0 aliphatic heterocycles. The third kappa shape index (κ3) is 6.05. The van der Waals surface area contributed by atoms with Crippen LogP contribution in [0.3, 0.4) is 0 Å². The lowest BCUT2D eigenvalue weighted by Crippen LogP contribution is -2.23. The second-order valence-corrected chi connectivity index (χ2v) is 5.85. The lowest BCUT2D eigenvalue weighted by atomic mass is 10.2. The highest BCUT2D eigenvalue weighted by Gasteiger charge is 2.05. The number of hydroxylamine groups is 2. The fourth-order valence-electron chi connectivity index (χ4n) is 2.54. The van der Waals surface area contributed by atoms with Gasteiger partial charge in [-0.05, 0) is 37.1 Å². The van der Waals surface area contributed by atoms with Gasteiger partial charge in [0.05, 0.1) is 37.8 Å². The number of nitrogens with zero attached hydrogens (tertiary/aromatic N) is 2. The quantitative estimate of drug-likeness (QED) is 0.484. The second kappa shape index (κ2) is 10.0. The standard InChI is InChI=1S/C20H28N2O3/c1-17-9-5-7-11-19(17)21(3)24-15-13-23-14-16-25-22(4)20-12-8-6-10-18(20)2/h5-12H,13-16H2,1-4H3. The molecule has 0 aliphatic rings. The predicted molar refractivity (Wildman–Crippen MR) is 102 cm³/mol. The molecule has 0 saturated heterocycles. The van der Waals surface area contributed by atoms with Crippen molar-refractivity contribution in [1.82, 2.24) is 0 Å². The van der Waals surface area contributed by atoms with Gasteiger partial charge in [-0.2, -0.15) is 0 Å². The van der Waals surface area contributed by atoms with Gasteiger partial charge in [0.25, 0.3) is 0 Å². The zero-order chi connectivity index (χ0) is 18.1. The molecule has 2 aromatic carbocycles. The molecule has 0 aliphatic carbocycles. The van der Waals surface area contributed by atoms with Crippen molar-refractivity contribution < 1.29 is 14.4 Å². The smallest absolute Gasteiger partial charge is 0.0982 e. The minimum absolute atomic E-state index is 0.498. The summed E-state index contributed by atoms with van der Waals surface area (Å²) in [4.78, 5) is 11.4. The van der Waals surface area contributed by atoms with Crippen LogP contribution in [0.2, 0.25) is 0 Å². The number of hydrogen-bond acceptors (Lipinski definition) is 5. The number of rotatable bonds is 10. The van der Waals surface area contributed by atoms with Crippen LogP contribution in [0.15, 0.2) is 48.5 Å². The first-order valence-corrected chi connectivity index (χ1v) is 8.52. The van der Waals surface area contributed by atoms with Crippen LogP contribution in [0.1, 0.15) is 11.1 Å². The first-order chi connectivity index (χ1) is 12.1. The van der Waals surface area contributed by atoms with Gasteiger partial charge in [-0.25, -0.2) is 0 Å². The highest BCUT2D eigenvalue weighted by molar-refractivity contribution is 5.50. The Balaban J connectivity index is 1.58. The highest BCUT2D eigenvalue weighted by atomic mass is 16.7. The van der Waals surface area contributed by atoms with Gasteiger partial charge in [-0.15, -0.1) is 0 Å². The van der Waals surface area contributed by atoms with Crippen LogP contribution < -0.4 is 10.1 Å². The van der Waals surface area contributed by atoms with E-state index in [-0.39, 0.29) is 0 Å². The van der Waals surface area contributed by atoms with Gasteiger partial charge in [0.15, 0.2) is 0 Å². The number of anilines is 2. The van der Waals surface area contributed by atoms with Gasteiger partial charge in [-0.3, -0.25) is 19.8 Å². The van der Waals surface area contributed by atoms with E-state index in [0.29, 0.717) is 26.4 Å². The predicted octanol–water partition coefficient (Wildman–Crippen LogP) is 3.76. The third-order valence-electron chi connectivity index (χ3n) is 3.93. The first kappa shape index (κ1) is 19.2. The number of hydrogen-bond donors (Lipinski definition) is 0. The summed E-state index contributed by atoms with van der Waals surface area (Å²) in [5.41, 5.74) is 4.48. The second-order valence-electron chi connectivity index (χ2n) is 5.85. The maximum Gasteiger partial charge on any atom is 0.0982 e. The molecule has 25 heavy (non-hydrogen) atoms. The molecule has 0 bridgehead atoms. The molecule has 2 aromatic rings. The summed E-state index contributed by atoms with van der Waals surface area (Å²) >= 11 is 0. The fraction of sp³-hybridized carbons (Fsp3) is 0.400. The van der Waals surface area contributed by atoms with Gasteiger partial charge in [0, 0.05) is 14.1 Å². The lowest BCUT2D eigenvalue weighted by molar-refractivity contribution is 0.00823. The molecule has 0 N–H and O–H groups in total. The molecular weight excluding hydrogens is 316 g/mol. The average Bonchev–Trinajstić information content (AvgIpc) is 2.61. The summed E-state index contributed by atoms with van der Waals surface area (Å²) in [6.45, 7) is 6.17. The van der Waals surface area contributed by atoms with E-state index in [0.717, 1.165) is 11.4 Å². The van der Waals surface area contributed by atoms with Crippen LogP contribution in [-0.4, -0.2) is 40.5 Å². The Labute approximate surface area is 150 Å². The minimum atomic E-state index is 0.498. The van der Waals surface area contributed by atoms with Crippen LogP contribution in [-0.2, 0) is 14.4 Å². The van der Waals surface area contributed by atoms with E-state index in [1.54, 1.807) is 10.1 Å². The van der Waals surface area contributed by atoms with E-state index < -0.39 is 0 Å². The Hall–Kier alpha value is -2.08. The molecule has 0 saturated carbocycles. The van der Waals surface area contributed by atoms with E-state index in [2.05, 4.69) is 26.0 Å². The van der Waals surface area contributed by atoms with Crippen LogP contribution in [0.4, 0.5) is 11.4 Å². The Bertz CT molecular complexity index is 593. The average molecular weight is 344 g/mol. The van der Waals surface area contributed by atoms with E-state index >= 15 is 0 Å². The van der Waals surface area contributed by atoms with Crippen LogP contribution in [0, 0.1) is 13.8 Å². The molecule has 5 heteroatoms. The van der Waals surface area contributed by atoms with Gasteiger partial charge in [0.1, 0.15) is 0 Å². The molecule has 0 radical (unpaired) electrons. The zero-order valence-corrected chi connectivity index (χ0v) is 15.6. The van der Waals surface area contributed by atoms with Gasteiger partial charge in [-0.1, -0.05) is 36.4 Å². The Morgan fingerprint density at radius 1 is 0.640 bits per heavy atom. The van der Waals surface area contributed by atoms with Crippen molar-refractivity contribution in [3.8, 4) is 0 Å². The molecule has 0 fully saturated rings. The van der Waals surface area contributed by atoms with Crippen molar-refractivity contribution in [1.29, 1.82) is 0 Å². The highest BCUT2D eigenvalue weighted by Crippen LogP contribution is 2.18. The molecule has 0 amide bonds. The largest absolute Gasteiger partial charge is 0.376 e. The van der Waals surface area contributed by atoms with Gasteiger partial charge in [0.2, 0.25) is 0 Å². The maximum atomic E-state index is 5.68. The molecule has 0 spiro atoms. The Kier molecular flexibility index (Phi) is 7.73. The normalized spacial score (nSPS) is 10.7. The summed E-state index contributed by atoms with van der Waals surface area (Å²) in [5, 5.41) is 3.56. The monoisotopic (exact) mass is 344 g/mol. The summed E-state index contributed by atoms with van der Waals surface area (Å²) in [6, 6.07) is 16.2. The van der Waals surface area contributed by atoms with Gasteiger partial charge < -0.3 is 4.74 Å². The van der Waals surface area contributed by atoms with E-state index in [4.69, 9.17) is 14.4 Å². The van der Waals surface area contributed by atoms with Crippen molar-refractivity contribution in [2.24, 2.45) is 0 Å². The number of benzene rings is 2. The summed E-state index contributed by atoms with van der Waals surface area (Å²) in [7, 11) is 3.81. The summed E-state index contributed by atoms with van der Waals surface area (Å²) in [5.74, 6) is 0. The fourth-order valence-corrected chi connectivity index (χ4v) is 2.54. The Morgan fingerprint density at radius 3 is 1.44 bits per heavy atom. The number of aryl methyl sites for hydroxylation is 2. The van der Waals surface area contributed by atoms with Crippen molar-refractivity contribution in [2.75, 3.05) is 50.6 Å². The van der Waals surface area contributed by atoms with Crippen LogP contribution >= 0.6 is 0 Å². The molecule has 2 rings (SSSR count). The summed E-state index contributed by atoms with van der Waals surface area (Å²) in [6.07, 6.45) is 0. The van der Waals surface area contributed by atoms with Crippen molar-refractivity contribution in [3.63, 3.8) is 0 Å². The van der Waals surface area contributed by atoms with E-state index in [1.807, 2.05) is 50.5 Å². The number of para-hydroxylation sites is 2. The zero-order valence-electron chi connectivity index (χ0n) is 15.6. The molecule has 0 aromatic heterocycles. The molecule has 0 heterocycles. The van der Waals surface area contributed by atoms with Crippen molar-refractivity contribution in [2.45, 2.75) is 13.8 Å². The lowest BCUT2D eigenvalue weighted by Gasteiger charge is -2.21. The molecule has 5 nitrogen and oxygen atoms in total. The van der Waals surface area contributed by atoms with Crippen LogP contribution in [0.25, 0.3) is 0 Å². The number of ether oxygens (including phenoxy) is 1. The molecular formula is C20H28N2O3. The third-order valence-corrected chi connectivity index (χ3v) is 3.93. The maximum absolute atomic E-state index is 5.68. The van der Waals surface area contributed by atoms with E-state index in [9.17, 15) is 0 Å². The molecule has 0 unspecified atom stereocenters. The van der Waals surface area contributed by atoms with Crippen molar-refractivity contribution >= 4 is 11.4 Å². The first-order valence-electron chi connectivity index (χ1n) is 8.52. The minimum Gasteiger partial charge on any atom is -0.376 e. The molecule has 0 atom stereocenters. The SMILES string of the molecule is Cc1ccccc1N(C)OCCOCCON(C)c1ccccc1C. The topological polar surface area (TPSA) is 34.2 Å². The van der Waals surface area contributed by atoms with Crippen molar-refractivity contribution in [3.05, 3.63) is 59.7 Å².